The number of hydrogen-bond donors (Lipinski definition) is 0. The number of anilines is 1. The lowest BCUT2D eigenvalue weighted by Crippen LogP contribution is -2.33. The number of methoxy groups -OCH3 is 1. The fourth-order valence-electron chi connectivity index (χ4n) is 2.41. The number of ether oxygens (including phenoxy) is 1. The second kappa shape index (κ2) is 5.71. The van der Waals surface area contributed by atoms with Crippen LogP contribution in [0.15, 0.2) is 12.1 Å². The standard InChI is InChI=1S/C13H16ClNO4S/c1-19-8-15(20(2,17)18)11-7-6-10(14)13-9(11)4-3-5-12(13)16/h6-7H,3-5,8H2,1-2H3. The third-order valence-corrected chi connectivity index (χ3v) is 4.68. The number of carbonyl (C=O) groups excluding carboxylic acids is 1. The molecule has 0 atom stereocenters. The number of ketones is 1. The molecule has 110 valence electrons. The normalized spacial score (nSPS) is 15.1. The summed E-state index contributed by atoms with van der Waals surface area (Å²) in [5.41, 5.74) is 1.61. The van der Waals surface area contributed by atoms with E-state index in [-0.39, 0.29) is 12.5 Å². The van der Waals surface area contributed by atoms with E-state index in [1.807, 2.05) is 0 Å². The Bertz CT molecular complexity index is 642. The Morgan fingerprint density at radius 1 is 1.35 bits per heavy atom. The molecule has 0 amide bonds. The summed E-state index contributed by atoms with van der Waals surface area (Å²) < 4.78 is 29.9. The summed E-state index contributed by atoms with van der Waals surface area (Å²) in [6.07, 6.45) is 2.88. The molecule has 2 rings (SSSR count). The molecular formula is C13H16ClNO4S. The van der Waals surface area contributed by atoms with Crippen LogP contribution in [0.5, 0.6) is 0 Å². The first kappa shape index (κ1) is 15.3. The first-order chi connectivity index (χ1) is 9.36. The fourth-order valence-corrected chi connectivity index (χ4v) is 3.52. The number of hydrogen-bond acceptors (Lipinski definition) is 4. The Labute approximate surface area is 123 Å². The number of sulfonamides is 1. The molecule has 0 spiro atoms. The van der Waals surface area contributed by atoms with Crippen LogP contribution in [0.2, 0.25) is 5.02 Å². The number of nitrogens with zero attached hydrogens (tertiary/aromatic N) is 1. The van der Waals surface area contributed by atoms with Gasteiger partial charge in [0.2, 0.25) is 10.0 Å². The molecule has 5 nitrogen and oxygen atoms in total. The summed E-state index contributed by atoms with van der Waals surface area (Å²) in [5.74, 6) is -0.0380. The molecular weight excluding hydrogens is 302 g/mol. The van der Waals surface area contributed by atoms with Crippen LogP contribution in [0.25, 0.3) is 0 Å². The van der Waals surface area contributed by atoms with Gasteiger partial charge in [0.1, 0.15) is 6.73 Å². The molecule has 1 aromatic rings. The average molecular weight is 318 g/mol. The highest BCUT2D eigenvalue weighted by atomic mass is 35.5. The lowest BCUT2D eigenvalue weighted by Gasteiger charge is -2.27. The third kappa shape index (κ3) is 2.82. The fraction of sp³-hybridized carbons (Fsp3) is 0.462. The summed E-state index contributed by atoms with van der Waals surface area (Å²) in [7, 11) is -2.07. The van der Waals surface area contributed by atoms with Crippen molar-refractivity contribution < 1.29 is 17.9 Å². The van der Waals surface area contributed by atoms with Crippen LogP contribution in [0.3, 0.4) is 0 Å². The van der Waals surface area contributed by atoms with Crippen molar-refractivity contribution in [1.82, 2.24) is 0 Å². The SMILES string of the molecule is COCN(c1ccc(Cl)c2c1CCCC2=O)S(C)(=O)=O. The van der Waals surface area contributed by atoms with E-state index in [1.165, 1.54) is 7.11 Å². The molecule has 0 aromatic heterocycles. The van der Waals surface area contributed by atoms with E-state index in [2.05, 4.69) is 0 Å². The van der Waals surface area contributed by atoms with Crippen molar-refractivity contribution in [2.75, 3.05) is 24.4 Å². The van der Waals surface area contributed by atoms with Crippen molar-refractivity contribution in [2.45, 2.75) is 19.3 Å². The van der Waals surface area contributed by atoms with Gasteiger partial charge in [-0.2, -0.15) is 0 Å². The van der Waals surface area contributed by atoms with Crippen LogP contribution in [-0.4, -0.2) is 34.3 Å². The van der Waals surface area contributed by atoms with Crippen LogP contribution in [0, 0.1) is 0 Å². The molecule has 7 heteroatoms. The minimum absolute atomic E-state index is 0.0380. The number of rotatable bonds is 4. The number of carbonyl (C=O) groups is 1. The van der Waals surface area contributed by atoms with Crippen molar-refractivity contribution in [1.29, 1.82) is 0 Å². The molecule has 1 aromatic carbocycles. The van der Waals surface area contributed by atoms with Gasteiger partial charge in [-0.05, 0) is 30.5 Å². The maximum absolute atomic E-state index is 12.0. The first-order valence-electron chi connectivity index (χ1n) is 6.17. The van der Waals surface area contributed by atoms with Crippen molar-refractivity contribution in [3.8, 4) is 0 Å². The molecule has 0 saturated carbocycles. The van der Waals surface area contributed by atoms with Gasteiger partial charge in [0.15, 0.2) is 5.78 Å². The molecule has 1 aliphatic carbocycles. The summed E-state index contributed by atoms with van der Waals surface area (Å²) in [6, 6.07) is 3.19. The van der Waals surface area contributed by atoms with Gasteiger partial charge >= 0.3 is 0 Å². The van der Waals surface area contributed by atoms with E-state index in [9.17, 15) is 13.2 Å². The summed E-state index contributed by atoms with van der Waals surface area (Å²) in [6.45, 7) is -0.0961. The van der Waals surface area contributed by atoms with Gasteiger partial charge < -0.3 is 4.74 Å². The van der Waals surface area contributed by atoms with E-state index in [0.29, 0.717) is 41.1 Å². The summed E-state index contributed by atoms with van der Waals surface area (Å²) in [5, 5.41) is 0.374. The van der Waals surface area contributed by atoms with Gasteiger partial charge in [-0.1, -0.05) is 11.6 Å². The van der Waals surface area contributed by atoms with Gasteiger partial charge in [0.05, 0.1) is 17.0 Å². The minimum Gasteiger partial charge on any atom is -0.363 e. The summed E-state index contributed by atoms with van der Waals surface area (Å²) in [4.78, 5) is 12.0. The number of fused-ring (bicyclic) bond motifs is 1. The second-order valence-electron chi connectivity index (χ2n) is 4.73. The number of benzene rings is 1. The predicted octanol–water partition coefficient (Wildman–Crippen LogP) is 2.23. The van der Waals surface area contributed by atoms with Crippen LogP contribution >= 0.6 is 11.6 Å². The van der Waals surface area contributed by atoms with Crippen LogP contribution < -0.4 is 4.31 Å². The molecule has 0 heterocycles. The third-order valence-electron chi connectivity index (χ3n) is 3.26. The largest absolute Gasteiger partial charge is 0.363 e. The minimum atomic E-state index is -3.49. The van der Waals surface area contributed by atoms with E-state index in [1.54, 1.807) is 12.1 Å². The number of halogens is 1. The lowest BCUT2D eigenvalue weighted by atomic mass is 9.89. The molecule has 0 fully saturated rings. The smallest absolute Gasteiger partial charge is 0.234 e. The molecule has 0 radical (unpaired) electrons. The van der Waals surface area contributed by atoms with Crippen LogP contribution in [0.1, 0.15) is 28.8 Å². The summed E-state index contributed by atoms with van der Waals surface area (Å²) >= 11 is 6.08. The Balaban J connectivity index is 2.63. The number of Topliss-reactive ketones (excluding diaryl/α,β-unsaturated/α-hetero) is 1. The second-order valence-corrected chi connectivity index (χ2v) is 7.04. The molecule has 0 saturated heterocycles. The zero-order chi connectivity index (χ0) is 14.9. The quantitative estimate of drug-likeness (QED) is 0.799. The maximum atomic E-state index is 12.0. The molecule has 0 unspecified atom stereocenters. The monoisotopic (exact) mass is 317 g/mol. The predicted molar refractivity (Wildman–Crippen MR) is 77.9 cm³/mol. The van der Waals surface area contributed by atoms with Gasteiger partial charge in [0, 0.05) is 19.1 Å². The first-order valence-corrected chi connectivity index (χ1v) is 8.40. The van der Waals surface area contributed by atoms with Crippen molar-refractivity contribution in [2.24, 2.45) is 0 Å². The zero-order valence-corrected chi connectivity index (χ0v) is 12.9. The van der Waals surface area contributed by atoms with Crippen molar-refractivity contribution >= 4 is 33.1 Å². The topological polar surface area (TPSA) is 63.7 Å². The Hall–Kier alpha value is -1.11. The van der Waals surface area contributed by atoms with Gasteiger partial charge in [-0.15, -0.1) is 0 Å². The Kier molecular flexibility index (Phi) is 4.36. The zero-order valence-electron chi connectivity index (χ0n) is 11.3. The maximum Gasteiger partial charge on any atom is 0.234 e. The molecule has 0 bridgehead atoms. The van der Waals surface area contributed by atoms with Crippen molar-refractivity contribution in [3.63, 3.8) is 0 Å². The average Bonchev–Trinajstić information content (AvgIpc) is 2.36. The molecule has 20 heavy (non-hydrogen) atoms. The van der Waals surface area contributed by atoms with E-state index in [4.69, 9.17) is 16.3 Å². The molecule has 0 N–H and O–H groups in total. The Morgan fingerprint density at radius 3 is 2.65 bits per heavy atom. The van der Waals surface area contributed by atoms with Gasteiger partial charge in [-0.25, -0.2) is 12.7 Å². The highest BCUT2D eigenvalue weighted by molar-refractivity contribution is 7.92. The lowest BCUT2D eigenvalue weighted by molar-refractivity contribution is 0.0972. The van der Waals surface area contributed by atoms with Crippen LogP contribution in [0.4, 0.5) is 5.69 Å². The highest BCUT2D eigenvalue weighted by Crippen LogP contribution is 2.35. The highest BCUT2D eigenvalue weighted by Gasteiger charge is 2.27. The molecule has 0 aliphatic heterocycles. The van der Waals surface area contributed by atoms with E-state index in [0.717, 1.165) is 10.6 Å². The van der Waals surface area contributed by atoms with E-state index < -0.39 is 10.0 Å². The van der Waals surface area contributed by atoms with E-state index >= 15 is 0 Å². The molecule has 1 aliphatic rings. The van der Waals surface area contributed by atoms with Crippen molar-refractivity contribution in [3.05, 3.63) is 28.3 Å². The van der Waals surface area contributed by atoms with Gasteiger partial charge in [0.25, 0.3) is 0 Å². The Morgan fingerprint density at radius 2 is 2.05 bits per heavy atom. The van der Waals surface area contributed by atoms with Gasteiger partial charge in [-0.3, -0.25) is 4.79 Å². The van der Waals surface area contributed by atoms with Crippen LogP contribution in [-0.2, 0) is 21.2 Å².